The van der Waals surface area contributed by atoms with Crippen molar-refractivity contribution < 1.29 is 9.69 Å². The molecule has 1 aliphatic rings. The monoisotopic (exact) mass is 386 g/mol. The molecule has 0 unspecified atom stereocenters. The lowest BCUT2D eigenvalue weighted by atomic mass is 10.0. The highest BCUT2D eigenvalue weighted by atomic mass is 16.2. The Morgan fingerprint density at radius 3 is 2.17 bits per heavy atom. The van der Waals surface area contributed by atoms with E-state index in [0.717, 1.165) is 43.9 Å². The molecule has 0 saturated carbocycles. The number of benzene rings is 3. The lowest BCUT2D eigenvalue weighted by Crippen LogP contribution is -3.15. The van der Waals surface area contributed by atoms with Gasteiger partial charge < -0.3 is 15.1 Å². The number of nitrogens with one attached hydrogen (secondary N) is 2. The minimum Gasteiger partial charge on any atom is -0.360 e. The molecule has 3 aromatic carbocycles. The summed E-state index contributed by atoms with van der Waals surface area (Å²) >= 11 is 0. The molecule has 1 heterocycles. The Labute approximate surface area is 172 Å². The van der Waals surface area contributed by atoms with Crippen molar-refractivity contribution in [1.82, 2.24) is 0 Å². The van der Waals surface area contributed by atoms with Crippen molar-refractivity contribution in [3.63, 3.8) is 0 Å². The summed E-state index contributed by atoms with van der Waals surface area (Å²) in [6.07, 6.45) is 0.819. The van der Waals surface area contributed by atoms with E-state index in [4.69, 9.17) is 0 Å². The van der Waals surface area contributed by atoms with Gasteiger partial charge in [0.05, 0.1) is 26.2 Å². The molecule has 1 aliphatic heterocycles. The minimum absolute atomic E-state index is 0.0914. The van der Waals surface area contributed by atoms with E-state index in [1.54, 1.807) is 0 Å². The number of rotatable bonds is 6. The molecule has 4 rings (SSSR count). The Kier molecular flexibility index (Phi) is 6.22. The Morgan fingerprint density at radius 2 is 1.45 bits per heavy atom. The van der Waals surface area contributed by atoms with Gasteiger partial charge in [-0.3, -0.25) is 4.79 Å². The minimum atomic E-state index is 0.0914. The van der Waals surface area contributed by atoms with Gasteiger partial charge in [-0.05, 0) is 35.7 Å². The number of carbonyl (C=O) groups is 1. The number of carbonyl (C=O) groups excluding carboxylic acids is 1. The first-order chi connectivity index (χ1) is 14.3. The summed E-state index contributed by atoms with van der Waals surface area (Å²) in [5.41, 5.74) is 4.59. The lowest BCUT2D eigenvalue weighted by molar-refractivity contribution is -0.892. The van der Waals surface area contributed by atoms with Crippen LogP contribution in [0.4, 0.5) is 11.4 Å². The van der Waals surface area contributed by atoms with Crippen molar-refractivity contribution in [1.29, 1.82) is 0 Å². The van der Waals surface area contributed by atoms with Gasteiger partial charge in [0.1, 0.15) is 0 Å². The maximum absolute atomic E-state index is 12.7. The van der Waals surface area contributed by atoms with Crippen LogP contribution >= 0.6 is 0 Å². The number of hydrogen-bond donors (Lipinski definition) is 2. The maximum Gasteiger partial charge on any atom is 0.279 e. The molecular weight excluding hydrogens is 358 g/mol. The molecule has 0 spiro atoms. The SMILES string of the molecule is O=C(C[NH+]1CCN(c2ccccc2)CC1)Nc1ccccc1Cc1ccccc1. The molecule has 1 fully saturated rings. The van der Waals surface area contributed by atoms with Gasteiger partial charge in [-0.2, -0.15) is 0 Å². The fourth-order valence-corrected chi connectivity index (χ4v) is 3.93. The number of anilines is 2. The highest BCUT2D eigenvalue weighted by Crippen LogP contribution is 2.19. The zero-order valence-electron chi connectivity index (χ0n) is 16.7. The van der Waals surface area contributed by atoms with Crippen LogP contribution in [-0.2, 0) is 11.2 Å². The molecular formula is C25H28N3O+. The van der Waals surface area contributed by atoms with Gasteiger partial charge in [-0.1, -0.05) is 66.7 Å². The number of piperazine rings is 1. The summed E-state index contributed by atoms with van der Waals surface area (Å²) in [5.74, 6) is 0.0914. The summed E-state index contributed by atoms with van der Waals surface area (Å²) in [7, 11) is 0. The van der Waals surface area contributed by atoms with Crippen LogP contribution in [0.3, 0.4) is 0 Å². The quantitative estimate of drug-likeness (QED) is 0.683. The van der Waals surface area contributed by atoms with Crippen molar-refractivity contribution in [2.75, 3.05) is 42.9 Å². The molecule has 1 amide bonds. The van der Waals surface area contributed by atoms with Crippen LogP contribution in [0.2, 0.25) is 0 Å². The lowest BCUT2D eigenvalue weighted by Gasteiger charge is -2.33. The zero-order chi connectivity index (χ0) is 19.9. The highest BCUT2D eigenvalue weighted by molar-refractivity contribution is 5.92. The standard InChI is InChI=1S/C25H27N3O/c29-25(20-27-15-17-28(18-16-27)23-12-5-2-6-13-23)26-24-14-8-7-11-22(24)19-21-9-3-1-4-10-21/h1-14H,15-20H2,(H,26,29)/p+1. The third kappa shape index (κ3) is 5.24. The van der Waals surface area contributed by atoms with Crippen LogP contribution in [0, 0.1) is 0 Å². The van der Waals surface area contributed by atoms with Crippen molar-refractivity contribution in [2.45, 2.75) is 6.42 Å². The van der Waals surface area contributed by atoms with Gasteiger partial charge in [-0.25, -0.2) is 0 Å². The molecule has 0 aliphatic carbocycles. The van der Waals surface area contributed by atoms with E-state index < -0.39 is 0 Å². The third-order valence-electron chi connectivity index (χ3n) is 5.53. The molecule has 3 aromatic rings. The summed E-state index contributed by atoms with van der Waals surface area (Å²) in [6, 6.07) is 29.0. The van der Waals surface area contributed by atoms with E-state index in [1.165, 1.54) is 16.2 Å². The van der Waals surface area contributed by atoms with Crippen molar-refractivity contribution in [3.05, 3.63) is 96.1 Å². The topological polar surface area (TPSA) is 36.8 Å². The summed E-state index contributed by atoms with van der Waals surface area (Å²) in [4.78, 5) is 16.4. The number of amides is 1. The molecule has 148 valence electrons. The second-order valence-electron chi connectivity index (χ2n) is 7.62. The number of nitrogens with zero attached hydrogens (tertiary/aromatic N) is 1. The molecule has 0 radical (unpaired) electrons. The highest BCUT2D eigenvalue weighted by Gasteiger charge is 2.22. The molecule has 4 nitrogen and oxygen atoms in total. The third-order valence-corrected chi connectivity index (χ3v) is 5.53. The van der Waals surface area contributed by atoms with E-state index in [9.17, 15) is 4.79 Å². The smallest absolute Gasteiger partial charge is 0.279 e. The van der Waals surface area contributed by atoms with E-state index in [1.807, 2.05) is 30.3 Å². The first kappa shape index (κ1) is 19.2. The van der Waals surface area contributed by atoms with Crippen LogP contribution in [0.5, 0.6) is 0 Å². The van der Waals surface area contributed by atoms with Crippen molar-refractivity contribution in [3.8, 4) is 0 Å². The molecule has 1 saturated heterocycles. The van der Waals surface area contributed by atoms with E-state index in [-0.39, 0.29) is 5.91 Å². The largest absolute Gasteiger partial charge is 0.360 e. The van der Waals surface area contributed by atoms with Gasteiger partial charge in [0.25, 0.3) is 5.91 Å². The number of hydrogen-bond acceptors (Lipinski definition) is 2. The Balaban J connectivity index is 1.31. The van der Waals surface area contributed by atoms with Crippen LogP contribution in [-0.4, -0.2) is 38.6 Å². The van der Waals surface area contributed by atoms with Crippen LogP contribution < -0.4 is 15.1 Å². The summed E-state index contributed by atoms with van der Waals surface area (Å²) in [5, 5.41) is 3.15. The molecule has 2 N–H and O–H groups in total. The number of quaternary nitrogens is 1. The second kappa shape index (κ2) is 9.39. The Bertz CT molecular complexity index is 919. The second-order valence-corrected chi connectivity index (χ2v) is 7.62. The van der Waals surface area contributed by atoms with E-state index in [2.05, 4.69) is 64.8 Å². The summed E-state index contributed by atoms with van der Waals surface area (Å²) in [6.45, 7) is 4.44. The molecule has 29 heavy (non-hydrogen) atoms. The first-order valence-electron chi connectivity index (χ1n) is 10.3. The maximum atomic E-state index is 12.7. The molecule has 0 aromatic heterocycles. The Morgan fingerprint density at radius 1 is 0.828 bits per heavy atom. The van der Waals surface area contributed by atoms with E-state index >= 15 is 0 Å². The zero-order valence-corrected chi connectivity index (χ0v) is 16.7. The predicted octanol–water partition coefficient (Wildman–Crippen LogP) is 2.62. The molecule has 0 atom stereocenters. The fourth-order valence-electron chi connectivity index (χ4n) is 3.93. The summed E-state index contributed by atoms with van der Waals surface area (Å²) < 4.78 is 0. The average Bonchev–Trinajstić information content (AvgIpc) is 2.77. The van der Waals surface area contributed by atoms with Crippen molar-refractivity contribution >= 4 is 17.3 Å². The average molecular weight is 387 g/mol. The van der Waals surface area contributed by atoms with Gasteiger partial charge >= 0.3 is 0 Å². The van der Waals surface area contributed by atoms with Gasteiger partial charge in [0.2, 0.25) is 0 Å². The normalized spacial score (nSPS) is 14.6. The van der Waals surface area contributed by atoms with Gasteiger partial charge in [-0.15, -0.1) is 0 Å². The molecule has 4 heteroatoms. The van der Waals surface area contributed by atoms with E-state index in [0.29, 0.717) is 6.54 Å². The Hall–Kier alpha value is -3.11. The van der Waals surface area contributed by atoms with Crippen molar-refractivity contribution in [2.24, 2.45) is 0 Å². The van der Waals surface area contributed by atoms with Crippen LogP contribution in [0.1, 0.15) is 11.1 Å². The molecule has 0 bridgehead atoms. The van der Waals surface area contributed by atoms with Gasteiger partial charge in [0, 0.05) is 11.4 Å². The predicted molar refractivity (Wildman–Crippen MR) is 119 cm³/mol. The van der Waals surface area contributed by atoms with Crippen LogP contribution in [0.25, 0.3) is 0 Å². The number of para-hydroxylation sites is 2. The fraction of sp³-hybridized carbons (Fsp3) is 0.240. The first-order valence-corrected chi connectivity index (χ1v) is 10.3. The van der Waals surface area contributed by atoms with Gasteiger partial charge in [0.15, 0.2) is 6.54 Å². The van der Waals surface area contributed by atoms with Crippen LogP contribution in [0.15, 0.2) is 84.9 Å².